The number of rotatable bonds is 3. The topological polar surface area (TPSA) is 77.3 Å². The number of aliphatic imine (C=N–C) groups is 1. The van der Waals surface area contributed by atoms with Gasteiger partial charge in [-0.3, -0.25) is 0 Å². The molecule has 0 saturated heterocycles. The fraction of sp³-hybridized carbons (Fsp3) is 0.273. The van der Waals surface area contributed by atoms with E-state index in [4.69, 9.17) is 11.5 Å². The minimum absolute atomic E-state index is 0.578. The predicted octanol–water partition coefficient (Wildman–Crippen LogP) is 2.97. The maximum atomic E-state index is 5.82. The number of aromatic nitrogens is 1. The van der Waals surface area contributed by atoms with Gasteiger partial charge in [0.15, 0.2) is 10.3 Å². The standard InChI is InChI=1S/C11H14N4S2/c1-2-5-16-10(12)14-7-3-4-8-9(6-7)17-11(13)15-8/h3-4,6H,2,5H2,1H3,(H2,12,14)(H2,13,15). The zero-order valence-corrected chi connectivity index (χ0v) is 11.1. The average molecular weight is 266 g/mol. The van der Waals surface area contributed by atoms with Gasteiger partial charge in [0, 0.05) is 5.75 Å². The Kier molecular flexibility index (Phi) is 3.86. The minimum atomic E-state index is 0.578. The van der Waals surface area contributed by atoms with Gasteiger partial charge in [-0.2, -0.15) is 0 Å². The molecule has 0 radical (unpaired) electrons. The molecule has 17 heavy (non-hydrogen) atoms. The van der Waals surface area contributed by atoms with Crippen LogP contribution in [0.2, 0.25) is 0 Å². The van der Waals surface area contributed by atoms with Crippen molar-refractivity contribution in [1.82, 2.24) is 4.98 Å². The van der Waals surface area contributed by atoms with Crippen LogP contribution in [0.3, 0.4) is 0 Å². The van der Waals surface area contributed by atoms with Crippen molar-refractivity contribution in [2.75, 3.05) is 11.5 Å². The predicted molar refractivity (Wildman–Crippen MR) is 78.1 cm³/mol. The molecule has 1 aromatic carbocycles. The molecule has 1 heterocycles. The number of benzene rings is 1. The number of amidine groups is 1. The van der Waals surface area contributed by atoms with E-state index in [0.717, 1.165) is 28.1 Å². The summed E-state index contributed by atoms with van der Waals surface area (Å²) in [6, 6.07) is 5.78. The van der Waals surface area contributed by atoms with Crippen LogP contribution in [0, 0.1) is 0 Å². The van der Waals surface area contributed by atoms with E-state index < -0.39 is 0 Å². The second-order valence-electron chi connectivity index (χ2n) is 3.50. The molecule has 0 atom stereocenters. The van der Waals surface area contributed by atoms with Crippen LogP contribution >= 0.6 is 23.1 Å². The number of anilines is 1. The summed E-state index contributed by atoms with van der Waals surface area (Å²) in [5, 5.41) is 1.18. The smallest absolute Gasteiger partial charge is 0.181 e. The van der Waals surface area contributed by atoms with E-state index in [1.807, 2.05) is 18.2 Å². The monoisotopic (exact) mass is 266 g/mol. The van der Waals surface area contributed by atoms with E-state index in [1.54, 1.807) is 11.8 Å². The normalized spacial score (nSPS) is 12.2. The maximum absolute atomic E-state index is 5.82. The van der Waals surface area contributed by atoms with Gasteiger partial charge in [0.2, 0.25) is 0 Å². The molecule has 2 rings (SSSR count). The number of thioether (sulfide) groups is 1. The molecule has 0 saturated carbocycles. The highest BCUT2D eigenvalue weighted by molar-refractivity contribution is 8.13. The quantitative estimate of drug-likeness (QED) is 0.661. The van der Waals surface area contributed by atoms with Crippen LogP contribution in [0.1, 0.15) is 13.3 Å². The van der Waals surface area contributed by atoms with Gasteiger partial charge in [0.1, 0.15) is 0 Å². The van der Waals surface area contributed by atoms with Gasteiger partial charge >= 0.3 is 0 Å². The van der Waals surface area contributed by atoms with E-state index in [-0.39, 0.29) is 0 Å². The lowest BCUT2D eigenvalue weighted by molar-refractivity contribution is 1.11. The lowest BCUT2D eigenvalue weighted by atomic mass is 10.3. The van der Waals surface area contributed by atoms with Gasteiger partial charge in [-0.1, -0.05) is 30.0 Å². The molecule has 0 fully saturated rings. The summed E-state index contributed by atoms with van der Waals surface area (Å²) in [6.45, 7) is 2.12. The summed E-state index contributed by atoms with van der Waals surface area (Å²) in [7, 11) is 0. The molecule has 2 aromatic rings. The number of nitrogens with zero attached hydrogens (tertiary/aromatic N) is 2. The number of hydrogen-bond acceptors (Lipinski definition) is 5. The van der Waals surface area contributed by atoms with Crippen LogP contribution < -0.4 is 11.5 Å². The van der Waals surface area contributed by atoms with Gasteiger partial charge in [-0.25, -0.2) is 9.98 Å². The van der Waals surface area contributed by atoms with Crippen molar-refractivity contribution in [3.63, 3.8) is 0 Å². The second kappa shape index (κ2) is 5.37. The SMILES string of the molecule is CCCSC(N)=Nc1ccc2nc(N)sc2c1. The molecule has 0 amide bonds. The first-order valence-electron chi connectivity index (χ1n) is 5.32. The molecule has 0 spiro atoms. The molecule has 4 nitrogen and oxygen atoms in total. The largest absolute Gasteiger partial charge is 0.378 e. The number of nitrogens with two attached hydrogens (primary N) is 2. The molecular weight excluding hydrogens is 252 g/mol. The Labute approximate surface area is 108 Å². The molecule has 1 aromatic heterocycles. The highest BCUT2D eigenvalue weighted by Gasteiger charge is 2.02. The van der Waals surface area contributed by atoms with Crippen molar-refractivity contribution in [3.8, 4) is 0 Å². The van der Waals surface area contributed by atoms with Crippen LogP contribution in [0.15, 0.2) is 23.2 Å². The zero-order chi connectivity index (χ0) is 12.3. The first-order valence-corrected chi connectivity index (χ1v) is 7.12. The van der Waals surface area contributed by atoms with E-state index in [2.05, 4.69) is 16.9 Å². The first-order chi connectivity index (χ1) is 8.19. The summed E-state index contributed by atoms with van der Waals surface area (Å²) < 4.78 is 1.04. The highest BCUT2D eigenvalue weighted by Crippen LogP contribution is 2.28. The zero-order valence-electron chi connectivity index (χ0n) is 9.51. The van der Waals surface area contributed by atoms with Crippen LogP contribution in [0.5, 0.6) is 0 Å². The number of thiazole rings is 1. The minimum Gasteiger partial charge on any atom is -0.378 e. The summed E-state index contributed by atoms with van der Waals surface area (Å²) in [5.41, 5.74) is 13.2. The molecule has 0 aliphatic carbocycles. The summed E-state index contributed by atoms with van der Waals surface area (Å²) in [6.07, 6.45) is 1.09. The molecular formula is C11H14N4S2. The van der Waals surface area contributed by atoms with Crippen molar-refractivity contribution < 1.29 is 0 Å². The van der Waals surface area contributed by atoms with Gasteiger partial charge in [-0.15, -0.1) is 0 Å². The third kappa shape index (κ3) is 3.10. The summed E-state index contributed by atoms with van der Waals surface area (Å²) >= 11 is 3.03. The van der Waals surface area contributed by atoms with Gasteiger partial charge < -0.3 is 11.5 Å². The summed E-state index contributed by atoms with van der Waals surface area (Å²) in [5.74, 6) is 0.991. The third-order valence-electron chi connectivity index (χ3n) is 2.08. The number of hydrogen-bond donors (Lipinski definition) is 2. The number of nitrogen functional groups attached to an aromatic ring is 1. The van der Waals surface area contributed by atoms with Crippen molar-refractivity contribution in [1.29, 1.82) is 0 Å². The Morgan fingerprint density at radius 2 is 2.35 bits per heavy atom. The Hall–Kier alpha value is -1.27. The molecule has 6 heteroatoms. The van der Waals surface area contributed by atoms with Crippen molar-refractivity contribution in [3.05, 3.63) is 18.2 Å². The van der Waals surface area contributed by atoms with E-state index in [9.17, 15) is 0 Å². The molecule has 0 aliphatic rings. The molecule has 0 bridgehead atoms. The molecule has 0 unspecified atom stereocenters. The maximum Gasteiger partial charge on any atom is 0.181 e. The molecule has 4 N–H and O–H groups in total. The third-order valence-corrected chi connectivity index (χ3v) is 3.93. The molecule has 0 aliphatic heterocycles. The highest BCUT2D eigenvalue weighted by atomic mass is 32.2. The van der Waals surface area contributed by atoms with Crippen LogP contribution in [0.4, 0.5) is 10.8 Å². The fourth-order valence-electron chi connectivity index (χ4n) is 1.37. The van der Waals surface area contributed by atoms with Crippen LogP contribution in [-0.2, 0) is 0 Å². The van der Waals surface area contributed by atoms with Crippen molar-refractivity contribution in [2.24, 2.45) is 10.7 Å². The Morgan fingerprint density at radius 1 is 1.53 bits per heavy atom. The number of fused-ring (bicyclic) bond motifs is 1. The van der Waals surface area contributed by atoms with E-state index in [0.29, 0.717) is 10.3 Å². The average Bonchev–Trinajstić information content (AvgIpc) is 2.65. The van der Waals surface area contributed by atoms with E-state index >= 15 is 0 Å². The van der Waals surface area contributed by atoms with Gasteiger partial charge in [0.05, 0.1) is 15.9 Å². The van der Waals surface area contributed by atoms with Crippen molar-refractivity contribution >= 4 is 49.3 Å². The van der Waals surface area contributed by atoms with Gasteiger partial charge in [0.25, 0.3) is 0 Å². The summed E-state index contributed by atoms with van der Waals surface area (Å²) in [4.78, 5) is 8.55. The molecule has 90 valence electrons. The van der Waals surface area contributed by atoms with E-state index in [1.165, 1.54) is 11.3 Å². The van der Waals surface area contributed by atoms with Crippen molar-refractivity contribution in [2.45, 2.75) is 13.3 Å². The second-order valence-corrected chi connectivity index (χ2v) is 5.68. The fourth-order valence-corrected chi connectivity index (χ4v) is 2.72. The lowest BCUT2D eigenvalue weighted by Crippen LogP contribution is -2.06. The Bertz CT molecular complexity index is 547. The van der Waals surface area contributed by atoms with Crippen LogP contribution in [0.25, 0.3) is 10.2 Å². The lowest BCUT2D eigenvalue weighted by Gasteiger charge is -1.99. The first kappa shape index (κ1) is 12.2. The Morgan fingerprint density at radius 3 is 3.12 bits per heavy atom. The van der Waals surface area contributed by atoms with Crippen LogP contribution in [-0.4, -0.2) is 15.9 Å². The Balaban J connectivity index is 2.23. The van der Waals surface area contributed by atoms with Gasteiger partial charge in [-0.05, 0) is 24.6 Å².